The zero-order valence-corrected chi connectivity index (χ0v) is 18.0. The van der Waals surface area contributed by atoms with Crippen molar-refractivity contribution in [2.24, 2.45) is 0 Å². The number of methoxy groups -OCH3 is 2. The van der Waals surface area contributed by atoms with Crippen molar-refractivity contribution in [3.63, 3.8) is 0 Å². The molecule has 0 saturated carbocycles. The molecule has 0 fully saturated rings. The summed E-state index contributed by atoms with van der Waals surface area (Å²) >= 11 is 0. The molecule has 4 aromatic carbocycles. The molecule has 0 heterocycles. The highest BCUT2D eigenvalue weighted by atomic mass is 16.5. The molecule has 6 heteroatoms. The number of hydrogen-bond acceptors (Lipinski definition) is 6. The summed E-state index contributed by atoms with van der Waals surface area (Å²) in [6, 6.07) is 29.4. The van der Waals surface area contributed by atoms with Crippen LogP contribution in [0.5, 0.6) is 34.5 Å². The summed E-state index contributed by atoms with van der Waals surface area (Å²) in [4.78, 5) is 0. The van der Waals surface area contributed by atoms with E-state index in [2.05, 4.69) is 0 Å². The van der Waals surface area contributed by atoms with E-state index in [-0.39, 0.29) is 0 Å². The third kappa shape index (κ3) is 6.88. The van der Waals surface area contributed by atoms with E-state index in [1.807, 2.05) is 72.8 Å². The first-order valence-electron chi connectivity index (χ1n) is 9.90. The van der Waals surface area contributed by atoms with E-state index in [1.54, 1.807) is 38.5 Å². The highest BCUT2D eigenvalue weighted by Gasteiger charge is 2.00. The van der Waals surface area contributed by atoms with E-state index in [0.717, 1.165) is 45.9 Å². The molecule has 0 aromatic heterocycles. The number of nitrogens with two attached hydrogens (primary N) is 2. The molecule has 0 bridgehead atoms. The van der Waals surface area contributed by atoms with Gasteiger partial charge in [0.1, 0.15) is 34.5 Å². The summed E-state index contributed by atoms with van der Waals surface area (Å²) < 4.78 is 21.5. The van der Waals surface area contributed by atoms with Gasteiger partial charge in [0.05, 0.1) is 14.2 Å². The third-order valence-electron chi connectivity index (χ3n) is 4.31. The van der Waals surface area contributed by atoms with Gasteiger partial charge in [0.2, 0.25) is 0 Å². The third-order valence-corrected chi connectivity index (χ3v) is 4.31. The molecule has 0 aliphatic rings. The fraction of sp³-hybridized carbons (Fsp3) is 0.0769. The maximum absolute atomic E-state index is 5.64. The Balaban J connectivity index is 0.000000181. The number of nitrogen functional groups attached to an aromatic ring is 2. The van der Waals surface area contributed by atoms with E-state index in [9.17, 15) is 0 Å². The molecule has 0 spiro atoms. The molecular formula is C26H26N2O4. The summed E-state index contributed by atoms with van der Waals surface area (Å²) in [5, 5.41) is 0. The molecule has 32 heavy (non-hydrogen) atoms. The lowest BCUT2D eigenvalue weighted by Gasteiger charge is -2.07. The second-order valence-corrected chi connectivity index (χ2v) is 6.70. The van der Waals surface area contributed by atoms with Gasteiger partial charge in [-0.15, -0.1) is 0 Å². The first-order valence-corrected chi connectivity index (χ1v) is 9.90. The fourth-order valence-electron chi connectivity index (χ4n) is 2.67. The summed E-state index contributed by atoms with van der Waals surface area (Å²) in [6.07, 6.45) is 0. The molecular weight excluding hydrogens is 404 g/mol. The quantitative estimate of drug-likeness (QED) is 0.357. The van der Waals surface area contributed by atoms with Gasteiger partial charge in [0.15, 0.2) is 0 Å². The minimum atomic E-state index is 0.720. The van der Waals surface area contributed by atoms with E-state index in [0.29, 0.717) is 0 Å². The zero-order chi connectivity index (χ0) is 22.8. The number of benzene rings is 4. The predicted octanol–water partition coefficient (Wildman–Crippen LogP) is 6.14. The largest absolute Gasteiger partial charge is 0.497 e. The Morgan fingerprint density at radius 3 is 1.12 bits per heavy atom. The topological polar surface area (TPSA) is 89.0 Å². The van der Waals surface area contributed by atoms with E-state index in [1.165, 1.54) is 0 Å². The molecule has 0 aliphatic carbocycles. The Morgan fingerprint density at radius 1 is 0.438 bits per heavy atom. The van der Waals surface area contributed by atoms with Crippen LogP contribution in [0.3, 0.4) is 0 Å². The van der Waals surface area contributed by atoms with Gasteiger partial charge in [0.25, 0.3) is 0 Å². The molecule has 6 nitrogen and oxygen atoms in total. The number of rotatable bonds is 6. The van der Waals surface area contributed by atoms with Crippen molar-refractivity contribution in [2.45, 2.75) is 0 Å². The van der Waals surface area contributed by atoms with Crippen LogP contribution in [0.15, 0.2) is 97.1 Å². The van der Waals surface area contributed by atoms with Crippen LogP contribution in [0.1, 0.15) is 0 Å². The van der Waals surface area contributed by atoms with Crippen molar-refractivity contribution in [3.05, 3.63) is 97.1 Å². The molecule has 4 N–H and O–H groups in total. The average molecular weight is 431 g/mol. The van der Waals surface area contributed by atoms with Gasteiger partial charge in [-0.25, -0.2) is 0 Å². The Hall–Kier alpha value is -4.32. The number of ether oxygens (including phenoxy) is 4. The minimum absolute atomic E-state index is 0.720. The Morgan fingerprint density at radius 2 is 0.781 bits per heavy atom. The Labute approximate surface area is 187 Å². The van der Waals surface area contributed by atoms with Crippen LogP contribution in [0.25, 0.3) is 0 Å². The second-order valence-electron chi connectivity index (χ2n) is 6.70. The zero-order valence-electron chi connectivity index (χ0n) is 18.0. The van der Waals surface area contributed by atoms with Crippen LogP contribution in [0.2, 0.25) is 0 Å². The van der Waals surface area contributed by atoms with E-state index in [4.69, 9.17) is 30.4 Å². The van der Waals surface area contributed by atoms with Gasteiger partial charge in [-0.1, -0.05) is 12.1 Å². The van der Waals surface area contributed by atoms with Crippen molar-refractivity contribution in [3.8, 4) is 34.5 Å². The lowest BCUT2D eigenvalue weighted by atomic mass is 10.3. The van der Waals surface area contributed by atoms with Crippen molar-refractivity contribution in [1.82, 2.24) is 0 Å². The van der Waals surface area contributed by atoms with E-state index < -0.39 is 0 Å². The van der Waals surface area contributed by atoms with Gasteiger partial charge in [-0.2, -0.15) is 0 Å². The Kier molecular flexibility index (Phi) is 7.81. The van der Waals surface area contributed by atoms with Gasteiger partial charge in [-0.05, 0) is 72.8 Å². The summed E-state index contributed by atoms with van der Waals surface area (Å²) in [5.74, 6) is 4.53. The first kappa shape index (κ1) is 22.4. The molecule has 0 amide bonds. The molecule has 0 atom stereocenters. The van der Waals surface area contributed by atoms with Crippen LogP contribution >= 0.6 is 0 Å². The fourth-order valence-corrected chi connectivity index (χ4v) is 2.67. The van der Waals surface area contributed by atoms with Gasteiger partial charge in [0, 0.05) is 23.5 Å². The van der Waals surface area contributed by atoms with E-state index >= 15 is 0 Å². The SMILES string of the molecule is COc1cccc(Oc2ccc(N)cc2)c1.COc1cccc(Oc2ccc(N)cc2)c1. The molecule has 0 radical (unpaired) electrons. The van der Waals surface area contributed by atoms with Gasteiger partial charge in [-0.3, -0.25) is 0 Å². The highest BCUT2D eigenvalue weighted by Crippen LogP contribution is 2.26. The molecule has 4 rings (SSSR count). The van der Waals surface area contributed by atoms with Crippen LogP contribution in [0.4, 0.5) is 11.4 Å². The standard InChI is InChI=1S/2C13H13NO2/c2*1-15-12-3-2-4-13(9-12)16-11-7-5-10(14)6-8-11/h2*2-9H,14H2,1H3. The Bertz CT molecular complexity index is 1020. The maximum atomic E-state index is 5.64. The predicted molar refractivity (Wildman–Crippen MR) is 128 cm³/mol. The first-order chi connectivity index (χ1) is 15.6. The van der Waals surface area contributed by atoms with Crippen molar-refractivity contribution < 1.29 is 18.9 Å². The molecule has 0 unspecified atom stereocenters. The normalized spacial score (nSPS) is 9.81. The molecule has 0 saturated heterocycles. The van der Waals surface area contributed by atoms with Gasteiger partial charge >= 0.3 is 0 Å². The monoisotopic (exact) mass is 430 g/mol. The van der Waals surface area contributed by atoms with Crippen molar-refractivity contribution in [2.75, 3.05) is 25.7 Å². The number of anilines is 2. The van der Waals surface area contributed by atoms with Crippen LogP contribution < -0.4 is 30.4 Å². The van der Waals surface area contributed by atoms with Crippen LogP contribution in [0, 0.1) is 0 Å². The van der Waals surface area contributed by atoms with Crippen molar-refractivity contribution in [1.29, 1.82) is 0 Å². The molecule has 0 aliphatic heterocycles. The minimum Gasteiger partial charge on any atom is -0.497 e. The van der Waals surface area contributed by atoms with Crippen LogP contribution in [-0.4, -0.2) is 14.2 Å². The molecule has 4 aromatic rings. The summed E-state index contributed by atoms with van der Waals surface area (Å²) in [5.41, 5.74) is 12.6. The average Bonchev–Trinajstić information content (AvgIpc) is 2.83. The summed E-state index contributed by atoms with van der Waals surface area (Å²) in [6.45, 7) is 0. The van der Waals surface area contributed by atoms with Crippen LogP contribution in [-0.2, 0) is 0 Å². The molecule has 164 valence electrons. The maximum Gasteiger partial charge on any atom is 0.131 e. The lowest BCUT2D eigenvalue weighted by Crippen LogP contribution is -1.87. The summed E-state index contributed by atoms with van der Waals surface area (Å²) in [7, 11) is 3.25. The smallest absolute Gasteiger partial charge is 0.131 e. The second kappa shape index (κ2) is 11.2. The van der Waals surface area contributed by atoms with Crippen molar-refractivity contribution >= 4 is 11.4 Å². The number of hydrogen-bond donors (Lipinski definition) is 2. The lowest BCUT2D eigenvalue weighted by molar-refractivity contribution is 0.409. The van der Waals surface area contributed by atoms with Gasteiger partial charge < -0.3 is 30.4 Å². The highest BCUT2D eigenvalue weighted by molar-refractivity contribution is 5.45.